The number of benzene rings is 6. The van der Waals surface area contributed by atoms with E-state index in [0.717, 1.165) is 120 Å². The fourth-order valence-electron chi connectivity index (χ4n) is 12.7. The summed E-state index contributed by atoms with van der Waals surface area (Å²) in [5.41, 5.74) is 9.57. The molecule has 0 aliphatic carbocycles. The number of aromatic amines is 1. The summed E-state index contributed by atoms with van der Waals surface area (Å²) in [4.78, 5) is 11.0. The van der Waals surface area contributed by atoms with Crippen LogP contribution in [0.25, 0.3) is 44.1 Å². The number of nitrogens with one attached hydrogen (secondary N) is 3. The Labute approximate surface area is 629 Å². The number of halogens is 1. The molecule has 3 aliphatic heterocycles. The smallest absolute Gasteiger partial charge is 0.191 e. The zero-order valence-electron chi connectivity index (χ0n) is 64.2. The van der Waals surface area contributed by atoms with Crippen LogP contribution in [0, 0.1) is 3.57 Å². The van der Waals surface area contributed by atoms with E-state index in [4.69, 9.17) is 23.1 Å². The molecular formula is C85H125IN8O6Si2. The van der Waals surface area contributed by atoms with Crippen LogP contribution < -0.4 is 24.8 Å². The van der Waals surface area contributed by atoms with Gasteiger partial charge < -0.3 is 67.6 Å². The lowest BCUT2D eigenvalue weighted by Crippen LogP contribution is -2.41. The maximum atomic E-state index is 9.42. The van der Waals surface area contributed by atoms with Crippen molar-refractivity contribution in [2.24, 2.45) is 0 Å². The number of aliphatic hydroxyl groups is 1. The Morgan fingerprint density at radius 3 is 1.19 bits per heavy atom. The highest BCUT2D eigenvalue weighted by atomic mass is 127. The van der Waals surface area contributed by atoms with Gasteiger partial charge in [0.05, 0.1) is 30.9 Å². The first-order valence-corrected chi connectivity index (χ1v) is 45.0. The molecule has 9 aromatic rings. The van der Waals surface area contributed by atoms with Crippen molar-refractivity contribution in [3.05, 3.63) is 184 Å². The largest absolute Gasteiger partial charge is 0.494 e. The summed E-state index contributed by atoms with van der Waals surface area (Å²) < 4.78 is 36.2. The highest BCUT2D eigenvalue weighted by Gasteiger charge is 2.38. The third-order valence-corrected chi connectivity index (χ3v) is 30.5. The number of para-hydroxylation sites is 3. The van der Waals surface area contributed by atoms with Crippen LogP contribution in [0.4, 0.5) is 0 Å². The normalized spacial score (nSPS) is 14.6. The van der Waals surface area contributed by atoms with Gasteiger partial charge in [-0.3, -0.25) is 0 Å². The van der Waals surface area contributed by atoms with E-state index in [-0.39, 0.29) is 16.7 Å². The van der Waals surface area contributed by atoms with E-state index in [1.165, 1.54) is 138 Å². The van der Waals surface area contributed by atoms with Gasteiger partial charge in [0.25, 0.3) is 0 Å². The number of ether oxygens (including phenoxy) is 3. The van der Waals surface area contributed by atoms with Crippen LogP contribution in [0.1, 0.15) is 116 Å². The van der Waals surface area contributed by atoms with Gasteiger partial charge in [-0.1, -0.05) is 96.1 Å². The summed E-state index contributed by atoms with van der Waals surface area (Å²) in [5, 5.41) is 19.7. The van der Waals surface area contributed by atoms with Crippen LogP contribution in [0.5, 0.6) is 17.2 Å². The Balaban J connectivity index is 0.000000174. The van der Waals surface area contributed by atoms with E-state index in [1.807, 2.05) is 38.4 Å². The van der Waals surface area contributed by atoms with Crippen molar-refractivity contribution in [3.63, 3.8) is 0 Å². The average molecular weight is 1540 g/mol. The van der Waals surface area contributed by atoms with Crippen molar-refractivity contribution in [2.75, 3.05) is 126 Å². The monoisotopic (exact) mass is 1540 g/mol. The molecule has 556 valence electrons. The lowest BCUT2D eigenvalue weighted by molar-refractivity contribution is 0.263. The zero-order valence-corrected chi connectivity index (χ0v) is 68.4. The highest BCUT2D eigenvalue weighted by Crippen LogP contribution is 2.38. The van der Waals surface area contributed by atoms with Gasteiger partial charge in [0.2, 0.25) is 0 Å². The first-order valence-electron chi connectivity index (χ1n) is 38.1. The molecule has 3 aliphatic rings. The summed E-state index contributed by atoms with van der Waals surface area (Å²) in [6, 6.07) is 57.2. The predicted octanol–water partition coefficient (Wildman–Crippen LogP) is 18.4. The molecule has 0 spiro atoms. The van der Waals surface area contributed by atoms with E-state index in [0.29, 0.717) is 6.42 Å². The number of fused-ring (bicyclic) bond motifs is 3. The van der Waals surface area contributed by atoms with Crippen molar-refractivity contribution < 1.29 is 28.2 Å². The molecule has 12 rings (SSSR count). The van der Waals surface area contributed by atoms with Crippen molar-refractivity contribution >= 4 is 71.9 Å². The van der Waals surface area contributed by atoms with Crippen molar-refractivity contribution in [2.45, 2.75) is 155 Å². The third kappa shape index (κ3) is 26.1. The fraction of sp³-hybridized carbons (Fsp3) is 0.506. The second-order valence-corrected chi connectivity index (χ2v) is 41.4. The second-order valence-electron chi connectivity index (χ2n) is 30.5. The van der Waals surface area contributed by atoms with Crippen LogP contribution in [0.3, 0.4) is 0 Å². The Hall–Kier alpha value is -5.82. The van der Waals surface area contributed by atoms with Gasteiger partial charge in [-0.05, 0) is 285 Å². The van der Waals surface area contributed by atoms with Gasteiger partial charge in [-0.15, -0.1) is 0 Å². The lowest BCUT2D eigenvalue weighted by atomic mass is 10.2. The maximum Gasteiger partial charge on any atom is 0.191 e. The Morgan fingerprint density at radius 1 is 0.441 bits per heavy atom. The van der Waals surface area contributed by atoms with Gasteiger partial charge in [0, 0.05) is 120 Å². The molecule has 0 atom stereocenters. The van der Waals surface area contributed by atoms with E-state index in [2.05, 4.69) is 269 Å². The average Bonchev–Trinajstić information content (AvgIpc) is 1.64. The summed E-state index contributed by atoms with van der Waals surface area (Å²) in [5.74, 6) is 2.85. The SMILES string of the molecule is CC(C)(C)[Si](C)(C)OCCc1cc2ccccc2[nH]1.CC(C)(C)[Si](C)(C)OCCc1cc2ccccc2n1-c1ccc(OCCCN2CCCC2)cc1.CNCCNC.Ic1ccc(OCCCN2CCCC2)cc1.OCCc1cc2ccccc2n1-c1ccc(OCCCN2CCCC2)cc1. The number of rotatable bonds is 30. The predicted molar refractivity (Wildman–Crippen MR) is 444 cm³/mol. The van der Waals surface area contributed by atoms with Crippen LogP contribution in [0.15, 0.2) is 164 Å². The summed E-state index contributed by atoms with van der Waals surface area (Å²) >= 11 is 2.30. The lowest BCUT2D eigenvalue weighted by Gasteiger charge is -2.36. The molecule has 0 radical (unpaired) electrons. The topological polar surface area (TPSA) is 126 Å². The molecule has 0 unspecified atom stereocenters. The number of aromatic nitrogens is 3. The third-order valence-electron chi connectivity index (χ3n) is 20.7. The molecule has 6 aromatic carbocycles. The summed E-state index contributed by atoms with van der Waals surface area (Å²) in [7, 11) is 0.516. The first kappa shape index (κ1) is 81.8. The molecule has 102 heavy (non-hydrogen) atoms. The van der Waals surface area contributed by atoms with Gasteiger partial charge in [-0.2, -0.15) is 0 Å². The molecule has 0 amide bonds. The maximum absolute atomic E-state index is 9.42. The Morgan fingerprint density at radius 2 is 0.804 bits per heavy atom. The minimum atomic E-state index is -1.76. The first-order chi connectivity index (χ1) is 49.1. The number of likely N-dealkylation sites (tertiary alicyclic amines) is 3. The number of hydrogen-bond acceptors (Lipinski definition) is 11. The fourth-order valence-corrected chi connectivity index (χ4v) is 15.1. The zero-order chi connectivity index (χ0) is 72.8. The molecule has 0 bridgehead atoms. The van der Waals surface area contributed by atoms with E-state index < -0.39 is 16.6 Å². The number of likely N-dealkylation sites (N-methyl/N-ethyl adjacent to an activating group) is 2. The van der Waals surface area contributed by atoms with Gasteiger partial charge in [0.1, 0.15) is 17.2 Å². The van der Waals surface area contributed by atoms with E-state index in [1.54, 1.807) is 0 Å². The molecule has 3 aromatic heterocycles. The van der Waals surface area contributed by atoms with Crippen LogP contribution >= 0.6 is 22.6 Å². The quantitative estimate of drug-likeness (QED) is 0.0195. The molecule has 6 heterocycles. The van der Waals surface area contributed by atoms with E-state index in [9.17, 15) is 5.11 Å². The van der Waals surface area contributed by atoms with Gasteiger partial charge in [0.15, 0.2) is 16.6 Å². The molecule has 14 nitrogen and oxygen atoms in total. The highest BCUT2D eigenvalue weighted by molar-refractivity contribution is 14.1. The van der Waals surface area contributed by atoms with Crippen LogP contribution in [0.2, 0.25) is 36.3 Å². The number of H-pyrrole nitrogens is 1. The minimum Gasteiger partial charge on any atom is -0.494 e. The molecular weight excluding hydrogens is 1410 g/mol. The summed E-state index contributed by atoms with van der Waals surface area (Å²) in [6.45, 7) is 40.2. The Kier molecular flexibility index (Phi) is 33.5. The van der Waals surface area contributed by atoms with Gasteiger partial charge in [-0.25, -0.2) is 0 Å². The van der Waals surface area contributed by atoms with Crippen molar-refractivity contribution in [1.29, 1.82) is 0 Å². The second kappa shape index (κ2) is 41.8. The number of nitrogens with zero attached hydrogens (tertiary/aromatic N) is 5. The van der Waals surface area contributed by atoms with Crippen molar-refractivity contribution in [3.8, 4) is 28.6 Å². The van der Waals surface area contributed by atoms with E-state index >= 15 is 0 Å². The van der Waals surface area contributed by atoms with Crippen LogP contribution in [-0.4, -0.2) is 176 Å². The molecule has 17 heteroatoms. The molecule has 0 saturated carbocycles. The summed E-state index contributed by atoms with van der Waals surface area (Å²) in [6.07, 6.45) is 13.9. The number of aliphatic hydroxyl groups excluding tert-OH is 1. The molecule has 3 fully saturated rings. The minimum absolute atomic E-state index is 0.147. The standard InChI is InChI=1S/C29H42N2O2Si.C23H28N2O2.C16H25NOSi.C13H18INO.C4H12N2/c1-29(2,3)34(4,5)33-22-17-26-23-24-11-6-7-12-28(24)31(26)25-13-15-27(16-14-25)32-21-10-20-30-18-8-9-19-30;26-16-12-21-18-19-6-1-2-7-23(19)25(21)20-8-10-22(11-9-20)27-17-5-15-24-13-3-4-14-24;1-16(2,3)19(4,5)18-11-10-14-12-13-8-6-7-9-15(13)17-14;14-12-4-6-13(7-5-12)16-11-3-10-15-8-1-2-9-15;1-5-3-4-6-2/h6-7,11-16,23H,8-10,17-22H2,1-5H3;1-2,6-11,18,26H,3-5,12-17H2;6-9,12,17H,10-11H2,1-5H3;4-7H,1-3,8-11H2;5-6H,3-4H2,1-2H3. The van der Waals surface area contributed by atoms with Crippen LogP contribution in [-0.2, 0) is 28.1 Å². The number of hydrogen-bond donors (Lipinski definition) is 4. The molecule has 4 N–H and O–H groups in total. The molecule has 3 saturated heterocycles. The van der Waals surface area contributed by atoms with Gasteiger partial charge >= 0.3 is 0 Å². The Bertz CT molecular complexity index is 3770. The van der Waals surface area contributed by atoms with Crippen molar-refractivity contribution in [1.82, 2.24) is 39.5 Å².